The lowest BCUT2D eigenvalue weighted by molar-refractivity contribution is -0.136. The molecule has 3 aliphatic heterocycles. The van der Waals surface area contributed by atoms with Crippen LogP contribution < -0.4 is 19.3 Å². The van der Waals surface area contributed by atoms with Crippen molar-refractivity contribution in [3.8, 4) is 11.5 Å². The van der Waals surface area contributed by atoms with E-state index in [1.54, 1.807) is 24.3 Å². The van der Waals surface area contributed by atoms with E-state index in [0.29, 0.717) is 34.9 Å². The van der Waals surface area contributed by atoms with Gasteiger partial charge in [-0.15, -0.1) is 0 Å². The van der Waals surface area contributed by atoms with Gasteiger partial charge in [0.05, 0.1) is 42.6 Å². The summed E-state index contributed by atoms with van der Waals surface area (Å²) in [6.45, 7) is 2.98. The van der Waals surface area contributed by atoms with Gasteiger partial charge in [0.15, 0.2) is 11.5 Å². The zero-order valence-electron chi connectivity index (χ0n) is 20.3. The number of hydrogen-bond acceptors (Lipinski definition) is 6. The van der Waals surface area contributed by atoms with Crippen LogP contribution in [0.2, 0.25) is 0 Å². The van der Waals surface area contributed by atoms with Crippen molar-refractivity contribution >= 4 is 29.1 Å². The number of fused-ring (bicyclic) bond motifs is 1. The first kappa shape index (κ1) is 23.2. The lowest BCUT2D eigenvalue weighted by Crippen LogP contribution is -2.46. The molecule has 0 saturated carbocycles. The van der Waals surface area contributed by atoms with E-state index in [2.05, 4.69) is 4.90 Å². The molecule has 35 heavy (non-hydrogen) atoms. The molecule has 2 aromatic rings. The van der Waals surface area contributed by atoms with E-state index < -0.39 is 0 Å². The molecule has 5 rings (SSSR count). The molecule has 0 spiro atoms. The van der Waals surface area contributed by atoms with Crippen LogP contribution in [0.4, 0.5) is 11.4 Å². The Hall–Kier alpha value is -3.55. The van der Waals surface area contributed by atoms with Crippen LogP contribution in [0.3, 0.4) is 0 Å². The minimum Gasteiger partial charge on any atom is -0.493 e. The molecule has 2 aromatic carbocycles. The Labute approximate surface area is 205 Å². The van der Waals surface area contributed by atoms with Crippen molar-refractivity contribution in [2.24, 2.45) is 5.92 Å². The first-order chi connectivity index (χ1) is 17.0. The third-order valence-corrected chi connectivity index (χ3v) is 7.30. The van der Waals surface area contributed by atoms with E-state index in [0.717, 1.165) is 51.0 Å². The second-order valence-electron chi connectivity index (χ2n) is 9.36. The van der Waals surface area contributed by atoms with E-state index in [1.165, 1.54) is 25.5 Å². The molecule has 0 unspecified atom stereocenters. The van der Waals surface area contributed by atoms with Gasteiger partial charge in [-0.25, -0.2) is 4.90 Å². The molecule has 0 aliphatic carbocycles. The third kappa shape index (κ3) is 4.11. The lowest BCUT2D eigenvalue weighted by atomic mass is 9.94. The van der Waals surface area contributed by atoms with Crippen LogP contribution >= 0.6 is 0 Å². The Bertz CT molecular complexity index is 1160. The minimum atomic E-state index is -0.364. The summed E-state index contributed by atoms with van der Waals surface area (Å²) < 4.78 is 10.7. The second-order valence-corrected chi connectivity index (χ2v) is 9.36. The molecule has 1 atom stereocenters. The molecule has 3 aliphatic rings. The van der Waals surface area contributed by atoms with Gasteiger partial charge in [0, 0.05) is 32.2 Å². The van der Waals surface area contributed by atoms with Crippen LogP contribution in [0.1, 0.15) is 52.8 Å². The normalized spacial score (nSPS) is 20.2. The molecule has 3 heterocycles. The van der Waals surface area contributed by atoms with Gasteiger partial charge in [0.25, 0.3) is 11.8 Å². The number of carbonyl (C=O) groups excluding carboxylic acids is 3. The van der Waals surface area contributed by atoms with Gasteiger partial charge < -0.3 is 19.3 Å². The summed E-state index contributed by atoms with van der Waals surface area (Å²) in [7, 11) is 3.05. The maximum absolute atomic E-state index is 13.6. The quantitative estimate of drug-likeness (QED) is 0.611. The summed E-state index contributed by atoms with van der Waals surface area (Å²) in [6.07, 6.45) is 5.04. The van der Waals surface area contributed by atoms with Crippen molar-refractivity contribution in [3.05, 3.63) is 47.5 Å². The minimum absolute atomic E-state index is 0.0909. The Morgan fingerprint density at radius 2 is 1.66 bits per heavy atom. The summed E-state index contributed by atoms with van der Waals surface area (Å²) in [5.41, 5.74) is 1.93. The maximum Gasteiger partial charge on any atom is 0.268 e. The number of piperidine rings is 2. The Morgan fingerprint density at radius 3 is 2.40 bits per heavy atom. The average molecular weight is 478 g/mol. The van der Waals surface area contributed by atoms with Crippen LogP contribution in [0.15, 0.2) is 36.4 Å². The average Bonchev–Trinajstić information content (AvgIpc) is 3.18. The summed E-state index contributed by atoms with van der Waals surface area (Å²) >= 11 is 0. The molecule has 2 fully saturated rings. The van der Waals surface area contributed by atoms with Crippen molar-refractivity contribution in [1.29, 1.82) is 0 Å². The number of likely N-dealkylation sites (tertiary alicyclic amines) is 1. The largest absolute Gasteiger partial charge is 0.493 e. The molecule has 8 nitrogen and oxygen atoms in total. The fraction of sp³-hybridized carbons (Fsp3) is 0.444. The lowest BCUT2D eigenvalue weighted by Gasteiger charge is -2.37. The van der Waals surface area contributed by atoms with Crippen molar-refractivity contribution in [2.45, 2.75) is 32.1 Å². The van der Waals surface area contributed by atoms with Gasteiger partial charge in [-0.3, -0.25) is 14.4 Å². The fourth-order valence-corrected chi connectivity index (χ4v) is 5.50. The van der Waals surface area contributed by atoms with Gasteiger partial charge in [-0.1, -0.05) is 6.07 Å². The van der Waals surface area contributed by atoms with Gasteiger partial charge in [0.2, 0.25) is 5.91 Å². The highest BCUT2D eigenvalue weighted by atomic mass is 16.5. The molecule has 0 N–H and O–H groups in total. The Balaban J connectivity index is 1.42. The van der Waals surface area contributed by atoms with Crippen LogP contribution in [0.25, 0.3) is 0 Å². The second kappa shape index (κ2) is 9.60. The zero-order chi connectivity index (χ0) is 24.5. The molecule has 3 amide bonds. The molecule has 0 bridgehead atoms. The van der Waals surface area contributed by atoms with Crippen molar-refractivity contribution in [1.82, 2.24) is 4.90 Å². The number of hydrogen-bond donors (Lipinski definition) is 0. The summed E-state index contributed by atoms with van der Waals surface area (Å²) in [5.74, 6) is 0.362. The Morgan fingerprint density at radius 1 is 0.886 bits per heavy atom. The highest BCUT2D eigenvalue weighted by molar-refractivity contribution is 6.36. The monoisotopic (exact) mass is 477 g/mol. The van der Waals surface area contributed by atoms with E-state index in [4.69, 9.17) is 9.47 Å². The van der Waals surface area contributed by atoms with Crippen LogP contribution in [-0.2, 0) is 4.79 Å². The first-order valence-corrected chi connectivity index (χ1v) is 12.3. The van der Waals surface area contributed by atoms with Crippen molar-refractivity contribution in [2.75, 3.05) is 50.2 Å². The molecular formula is C27H31N3O5. The number of anilines is 2. The van der Waals surface area contributed by atoms with Crippen molar-refractivity contribution < 1.29 is 23.9 Å². The summed E-state index contributed by atoms with van der Waals surface area (Å²) in [5, 5.41) is 0. The van der Waals surface area contributed by atoms with E-state index >= 15 is 0 Å². The van der Waals surface area contributed by atoms with E-state index in [9.17, 15) is 14.4 Å². The number of rotatable bonds is 5. The number of amides is 3. The molecule has 0 aromatic heterocycles. The van der Waals surface area contributed by atoms with Crippen LogP contribution in [0, 0.1) is 5.92 Å². The highest BCUT2D eigenvalue weighted by Gasteiger charge is 2.41. The van der Waals surface area contributed by atoms with Gasteiger partial charge in [-0.05, 0) is 56.4 Å². The number of ether oxygens (including phenoxy) is 2. The summed E-state index contributed by atoms with van der Waals surface area (Å²) in [4.78, 5) is 45.4. The smallest absolute Gasteiger partial charge is 0.268 e. The van der Waals surface area contributed by atoms with E-state index in [-0.39, 0.29) is 23.6 Å². The number of methoxy groups -OCH3 is 2. The molecule has 2 saturated heterocycles. The molecule has 8 heteroatoms. The number of imide groups is 1. The topological polar surface area (TPSA) is 79.4 Å². The van der Waals surface area contributed by atoms with Gasteiger partial charge >= 0.3 is 0 Å². The van der Waals surface area contributed by atoms with Gasteiger partial charge in [-0.2, -0.15) is 0 Å². The number of benzene rings is 2. The third-order valence-electron chi connectivity index (χ3n) is 7.30. The molecule has 184 valence electrons. The van der Waals surface area contributed by atoms with Gasteiger partial charge in [0.1, 0.15) is 0 Å². The predicted octanol–water partition coefficient (Wildman–Crippen LogP) is 3.73. The first-order valence-electron chi connectivity index (χ1n) is 12.3. The van der Waals surface area contributed by atoms with Crippen LogP contribution in [-0.4, -0.2) is 63.0 Å². The molecule has 0 radical (unpaired) electrons. The Kier molecular flexibility index (Phi) is 6.36. The van der Waals surface area contributed by atoms with E-state index in [1.807, 2.05) is 17.0 Å². The molecular weight excluding hydrogens is 446 g/mol. The summed E-state index contributed by atoms with van der Waals surface area (Å²) in [6, 6.07) is 10.4. The zero-order valence-corrected chi connectivity index (χ0v) is 20.3. The van der Waals surface area contributed by atoms with Crippen molar-refractivity contribution in [3.63, 3.8) is 0 Å². The predicted molar refractivity (Wildman–Crippen MR) is 132 cm³/mol. The fourth-order valence-electron chi connectivity index (χ4n) is 5.50. The highest BCUT2D eigenvalue weighted by Crippen LogP contribution is 2.39. The van der Waals surface area contributed by atoms with Crippen LogP contribution in [0.5, 0.6) is 11.5 Å². The standard InChI is InChI=1S/C27H31N3O5/c1-34-22-12-11-19(16-23(22)35-2)30-26(32)20-9-6-10-21(24(20)27(30)33)29-15-7-8-18(17-29)25(31)28-13-4-3-5-14-28/h6,9-12,16,18H,3-5,7-8,13-15,17H2,1-2H3/t18-/m1/s1. The number of carbonyl (C=O) groups is 3. The SMILES string of the molecule is COc1ccc(N2C(=O)c3cccc(N4CCC[C@@H](C(=O)N5CCCCC5)C4)c3C2=O)cc1OC. The maximum atomic E-state index is 13.6. The number of nitrogens with zero attached hydrogens (tertiary/aromatic N) is 3.